The Balaban J connectivity index is 1.62. The van der Waals surface area contributed by atoms with Crippen LogP contribution in [0.3, 0.4) is 0 Å². The molecule has 0 bridgehead atoms. The number of alkyl halides is 2. The molecular formula is C23H22F2N4O2. The summed E-state index contributed by atoms with van der Waals surface area (Å²) in [6.45, 7) is 0. The van der Waals surface area contributed by atoms with E-state index in [1.165, 1.54) is 6.07 Å². The molecule has 1 heterocycles. The maximum atomic E-state index is 13.7. The highest BCUT2D eigenvalue weighted by Crippen LogP contribution is 2.43. The number of aromatic nitrogens is 1. The van der Waals surface area contributed by atoms with Crippen molar-refractivity contribution in [2.75, 3.05) is 5.32 Å². The fourth-order valence-corrected chi connectivity index (χ4v) is 4.44. The summed E-state index contributed by atoms with van der Waals surface area (Å²) in [7, 11) is 0. The minimum absolute atomic E-state index is 0.174. The van der Waals surface area contributed by atoms with Crippen LogP contribution in [0, 0.1) is 28.6 Å². The number of benzene rings is 1. The van der Waals surface area contributed by atoms with E-state index in [1.54, 1.807) is 18.2 Å². The van der Waals surface area contributed by atoms with E-state index in [4.69, 9.17) is 4.52 Å². The van der Waals surface area contributed by atoms with E-state index in [9.17, 15) is 24.1 Å². The summed E-state index contributed by atoms with van der Waals surface area (Å²) in [5, 5.41) is 25.4. The number of rotatable bonds is 5. The number of nitrogens with one attached hydrogen (secondary N) is 1. The molecule has 2 aliphatic carbocycles. The summed E-state index contributed by atoms with van der Waals surface area (Å²) in [5.74, 6) is -3.70. The predicted octanol–water partition coefficient (Wildman–Crippen LogP) is 5.23. The number of halogens is 2. The van der Waals surface area contributed by atoms with Gasteiger partial charge in [0.15, 0.2) is 0 Å². The first-order valence-electron chi connectivity index (χ1n) is 10.5. The van der Waals surface area contributed by atoms with Crippen LogP contribution in [-0.2, 0) is 4.79 Å². The van der Waals surface area contributed by atoms with Gasteiger partial charge in [-0.2, -0.15) is 10.5 Å². The second-order valence-corrected chi connectivity index (χ2v) is 8.47. The van der Waals surface area contributed by atoms with Crippen LogP contribution in [0.4, 0.5) is 14.7 Å². The van der Waals surface area contributed by atoms with E-state index in [2.05, 4.69) is 10.5 Å². The molecule has 31 heavy (non-hydrogen) atoms. The lowest BCUT2D eigenvalue weighted by Gasteiger charge is -2.33. The average Bonchev–Trinajstić information content (AvgIpc) is 3.15. The van der Waals surface area contributed by atoms with Gasteiger partial charge < -0.3 is 4.52 Å². The van der Waals surface area contributed by atoms with E-state index < -0.39 is 17.7 Å². The van der Waals surface area contributed by atoms with Crippen LogP contribution in [0.15, 0.2) is 28.8 Å². The first-order valence-corrected chi connectivity index (χ1v) is 10.5. The third-order valence-electron chi connectivity index (χ3n) is 6.39. The maximum Gasteiger partial charge on any atom is 0.248 e. The molecule has 0 radical (unpaired) electrons. The summed E-state index contributed by atoms with van der Waals surface area (Å²) in [6, 6.07) is 10.3. The van der Waals surface area contributed by atoms with Gasteiger partial charge in [-0.3, -0.25) is 10.1 Å². The third kappa shape index (κ3) is 4.59. The minimum Gasteiger partial charge on any atom is -0.338 e. The summed E-state index contributed by atoms with van der Waals surface area (Å²) in [5.41, 5.74) is 1.77. The topological polar surface area (TPSA) is 103 Å². The summed E-state index contributed by atoms with van der Waals surface area (Å²) in [4.78, 5) is 13.3. The van der Waals surface area contributed by atoms with Crippen LogP contribution in [0.1, 0.15) is 79.2 Å². The normalized spacial score (nSPS) is 19.6. The maximum absolute atomic E-state index is 13.7. The standard InChI is InChI=1S/C23H22F2N4O2/c24-23(25)6-4-17(5-7-23)21(18-9-14(12-26)8-15(10-18)13-27)22(30)28-20-11-19(29-31-20)16-2-1-3-16/h8-11,16-17,21H,1-7H2,(H,28,30)/t21-/m1/s1. The quantitative estimate of drug-likeness (QED) is 0.708. The van der Waals surface area contributed by atoms with E-state index >= 15 is 0 Å². The van der Waals surface area contributed by atoms with Crippen LogP contribution in [0.25, 0.3) is 0 Å². The molecule has 2 fully saturated rings. The fourth-order valence-electron chi connectivity index (χ4n) is 4.44. The van der Waals surface area contributed by atoms with Crippen molar-refractivity contribution in [3.8, 4) is 12.1 Å². The molecule has 8 heteroatoms. The number of nitrogens with zero attached hydrogens (tertiary/aromatic N) is 3. The number of carbonyl (C=O) groups excluding carboxylic acids is 1. The van der Waals surface area contributed by atoms with E-state index in [0.717, 1.165) is 25.0 Å². The second-order valence-electron chi connectivity index (χ2n) is 8.47. The summed E-state index contributed by atoms with van der Waals surface area (Å²) >= 11 is 0. The Morgan fingerprint density at radius 1 is 1.10 bits per heavy atom. The van der Waals surface area contributed by atoms with Crippen molar-refractivity contribution in [1.82, 2.24) is 5.16 Å². The van der Waals surface area contributed by atoms with E-state index in [1.807, 2.05) is 12.1 Å². The zero-order valence-electron chi connectivity index (χ0n) is 16.9. The Labute approximate surface area is 178 Å². The van der Waals surface area contributed by atoms with Gasteiger partial charge in [-0.25, -0.2) is 8.78 Å². The second kappa shape index (κ2) is 8.47. The van der Waals surface area contributed by atoms with Crippen molar-refractivity contribution in [2.24, 2.45) is 5.92 Å². The highest BCUT2D eigenvalue weighted by atomic mass is 19.3. The molecule has 1 amide bonds. The van der Waals surface area contributed by atoms with Gasteiger partial charge in [0.25, 0.3) is 0 Å². The minimum atomic E-state index is -2.73. The molecular weight excluding hydrogens is 402 g/mol. The van der Waals surface area contributed by atoms with Crippen LogP contribution >= 0.6 is 0 Å². The van der Waals surface area contributed by atoms with Gasteiger partial charge in [-0.15, -0.1) is 0 Å². The highest BCUT2D eigenvalue weighted by molar-refractivity contribution is 5.95. The van der Waals surface area contributed by atoms with Gasteiger partial charge in [0, 0.05) is 24.8 Å². The predicted molar refractivity (Wildman–Crippen MR) is 107 cm³/mol. The number of anilines is 1. The van der Waals surface area contributed by atoms with Crippen molar-refractivity contribution in [3.05, 3.63) is 46.6 Å². The van der Waals surface area contributed by atoms with Crippen LogP contribution in [0.2, 0.25) is 0 Å². The summed E-state index contributed by atoms with van der Waals surface area (Å²) < 4.78 is 32.8. The van der Waals surface area contributed by atoms with Crippen molar-refractivity contribution in [1.29, 1.82) is 10.5 Å². The summed E-state index contributed by atoms with van der Waals surface area (Å²) in [6.07, 6.45) is 2.98. The number of hydrogen-bond acceptors (Lipinski definition) is 5. The molecule has 4 rings (SSSR count). The first kappa shape index (κ1) is 21.0. The Bertz CT molecular complexity index is 1020. The largest absolute Gasteiger partial charge is 0.338 e. The van der Waals surface area contributed by atoms with Crippen molar-refractivity contribution < 1.29 is 18.1 Å². The fraction of sp³-hybridized carbons (Fsp3) is 0.478. The molecule has 2 aliphatic rings. The molecule has 1 atom stereocenters. The van der Waals surface area contributed by atoms with Gasteiger partial charge in [0.1, 0.15) is 0 Å². The van der Waals surface area contributed by atoms with Gasteiger partial charge in [0.05, 0.1) is 34.9 Å². The number of amides is 1. The number of carbonyl (C=O) groups is 1. The van der Waals surface area contributed by atoms with Crippen LogP contribution < -0.4 is 5.32 Å². The molecule has 0 aliphatic heterocycles. The van der Waals surface area contributed by atoms with Gasteiger partial charge in [-0.05, 0) is 55.4 Å². The van der Waals surface area contributed by atoms with Crippen molar-refractivity contribution >= 4 is 11.8 Å². The monoisotopic (exact) mass is 424 g/mol. The molecule has 1 aromatic carbocycles. The number of hydrogen-bond donors (Lipinski definition) is 1. The molecule has 6 nitrogen and oxygen atoms in total. The Kier molecular flexibility index (Phi) is 5.73. The lowest BCUT2D eigenvalue weighted by molar-refractivity contribution is -0.120. The molecule has 0 saturated heterocycles. The molecule has 1 N–H and O–H groups in total. The van der Waals surface area contributed by atoms with Crippen LogP contribution in [-0.4, -0.2) is 17.0 Å². The lowest BCUT2D eigenvalue weighted by atomic mass is 9.74. The first-order chi connectivity index (χ1) is 14.9. The van der Waals surface area contributed by atoms with Crippen molar-refractivity contribution in [3.63, 3.8) is 0 Å². The molecule has 0 spiro atoms. The van der Waals surface area contributed by atoms with E-state index in [-0.39, 0.29) is 48.6 Å². The zero-order chi connectivity index (χ0) is 22.0. The molecule has 160 valence electrons. The Morgan fingerprint density at radius 3 is 2.29 bits per heavy atom. The third-order valence-corrected chi connectivity index (χ3v) is 6.39. The Hall–Kier alpha value is -3.26. The smallest absolute Gasteiger partial charge is 0.248 e. The highest BCUT2D eigenvalue weighted by Gasteiger charge is 2.40. The lowest BCUT2D eigenvalue weighted by Crippen LogP contribution is -2.33. The SMILES string of the molecule is N#Cc1cc(C#N)cc([C@H](C(=O)Nc2cc(C3CCC3)no2)C2CCC(F)(F)CC2)c1. The molecule has 2 saturated carbocycles. The van der Waals surface area contributed by atoms with Gasteiger partial charge >= 0.3 is 0 Å². The molecule has 1 aromatic heterocycles. The van der Waals surface area contributed by atoms with Gasteiger partial charge in [0.2, 0.25) is 17.7 Å². The van der Waals surface area contributed by atoms with Crippen molar-refractivity contribution in [2.45, 2.75) is 62.7 Å². The Morgan fingerprint density at radius 2 is 1.74 bits per heavy atom. The average molecular weight is 424 g/mol. The number of nitriles is 2. The zero-order valence-corrected chi connectivity index (χ0v) is 16.9. The van der Waals surface area contributed by atoms with Gasteiger partial charge in [-0.1, -0.05) is 11.6 Å². The van der Waals surface area contributed by atoms with Crippen LogP contribution in [0.5, 0.6) is 0 Å². The molecule has 2 aromatic rings. The molecule has 0 unspecified atom stereocenters. The van der Waals surface area contributed by atoms with E-state index in [0.29, 0.717) is 11.5 Å².